The van der Waals surface area contributed by atoms with Crippen LogP contribution >= 0.6 is 34.8 Å². The fourth-order valence-corrected chi connectivity index (χ4v) is 3.59. The van der Waals surface area contributed by atoms with Crippen molar-refractivity contribution in [2.45, 2.75) is 6.42 Å². The zero-order valence-electron chi connectivity index (χ0n) is 14.9. The summed E-state index contributed by atoms with van der Waals surface area (Å²) in [4.78, 5) is 14.7. The summed E-state index contributed by atoms with van der Waals surface area (Å²) in [6.45, 7) is 0. The van der Waals surface area contributed by atoms with E-state index < -0.39 is 11.4 Å². The van der Waals surface area contributed by atoms with Crippen molar-refractivity contribution in [1.82, 2.24) is 4.98 Å². The van der Waals surface area contributed by atoms with Gasteiger partial charge >= 0.3 is 0 Å². The highest BCUT2D eigenvalue weighted by molar-refractivity contribution is 6.35. The molecule has 0 aliphatic carbocycles. The lowest BCUT2D eigenvalue weighted by Crippen LogP contribution is -2.11. The Morgan fingerprint density at radius 2 is 1.75 bits per heavy atom. The molecular formula is C20H15Cl3FNO3. The molecule has 3 aromatic rings. The Kier molecular flexibility index (Phi) is 6.18. The lowest BCUT2D eigenvalue weighted by Gasteiger charge is -2.16. The van der Waals surface area contributed by atoms with Gasteiger partial charge in [0.1, 0.15) is 22.3 Å². The van der Waals surface area contributed by atoms with Crippen molar-refractivity contribution in [3.63, 3.8) is 0 Å². The maximum atomic E-state index is 13.4. The number of benzene rings is 2. The lowest BCUT2D eigenvalue weighted by molar-refractivity contribution is 0.395. The first-order chi connectivity index (χ1) is 13.3. The lowest BCUT2D eigenvalue weighted by atomic mass is 9.96. The molecule has 0 aliphatic heterocycles. The summed E-state index contributed by atoms with van der Waals surface area (Å²) in [5.74, 6) is 0.472. The number of hydrogen-bond donors (Lipinski definition) is 1. The van der Waals surface area contributed by atoms with Crippen LogP contribution in [0, 0.1) is 5.82 Å². The van der Waals surface area contributed by atoms with Crippen LogP contribution in [-0.4, -0.2) is 19.2 Å². The third-order valence-corrected chi connectivity index (χ3v) is 5.42. The summed E-state index contributed by atoms with van der Waals surface area (Å²) in [7, 11) is 3.01. The van der Waals surface area contributed by atoms with Crippen LogP contribution in [-0.2, 0) is 6.42 Å². The van der Waals surface area contributed by atoms with E-state index in [0.717, 1.165) is 0 Å². The molecule has 1 heterocycles. The van der Waals surface area contributed by atoms with Gasteiger partial charge in [-0.15, -0.1) is 0 Å². The largest absolute Gasteiger partial charge is 0.497 e. The molecule has 28 heavy (non-hydrogen) atoms. The molecule has 0 saturated heterocycles. The van der Waals surface area contributed by atoms with Gasteiger partial charge < -0.3 is 14.5 Å². The number of halogens is 4. The Balaban J connectivity index is 2.23. The molecule has 2 aromatic carbocycles. The first-order valence-electron chi connectivity index (χ1n) is 8.11. The number of ether oxygens (including phenoxy) is 2. The summed E-state index contributed by atoms with van der Waals surface area (Å²) in [6.07, 6.45) is 1.72. The minimum Gasteiger partial charge on any atom is -0.497 e. The second-order valence-electron chi connectivity index (χ2n) is 5.93. The van der Waals surface area contributed by atoms with Crippen LogP contribution in [0.1, 0.15) is 11.1 Å². The second-order valence-corrected chi connectivity index (χ2v) is 7.09. The minimum atomic E-state index is -0.454. The Hall–Kier alpha value is -2.21. The second kappa shape index (κ2) is 8.43. The summed E-state index contributed by atoms with van der Waals surface area (Å²) in [6, 6.07) is 7.41. The molecule has 1 N–H and O–H groups in total. The fraction of sp³-hybridized carbons (Fsp3) is 0.150. The molecule has 4 nitrogen and oxygen atoms in total. The number of aromatic nitrogens is 1. The van der Waals surface area contributed by atoms with Gasteiger partial charge in [0.15, 0.2) is 0 Å². The van der Waals surface area contributed by atoms with Gasteiger partial charge in [0.25, 0.3) is 5.56 Å². The van der Waals surface area contributed by atoms with E-state index >= 15 is 0 Å². The predicted molar refractivity (Wildman–Crippen MR) is 110 cm³/mol. The van der Waals surface area contributed by atoms with E-state index in [1.54, 1.807) is 18.2 Å². The first-order valence-corrected chi connectivity index (χ1v) is 9.25. The van der Waals surface area contributed by atoms with Crippen LogP contribution in [0.25, 0.3) is 11.1 Å². The quantitative estimate of drug-likeness (QED) is 0.547. The highest BCUT2D eigenvalue weighted by atomic mass is 35.5. The molecule has 8 heteroatoms. The number of rotatable bonds is 5. The van der Waals surface area contributed by atoms with E-state index in [0.29, 0.717) is 38.8 Å². The molecule has 1 aromatic heterocycles. The molecular weight excluding hydrogens is 428 g/mol. The number of methoxy groups -OCH3 is 2. The van der Waals surface area contributed by atoms with Crippen LogP contribution in [0.3, 0.4) is 0 Å². The third-order valence-electron chi connectivity index (χ3n) is 4.28. The van der Waals surface area contributed by atoms with Gasteiger partial charge in [0.05, 0.1) is 19.2 Å². The molecule has 0 aliphatic rings. The molecule has 0 atom stereocenters. The van der Waals surface area contributed by atoms with Gasteiger partial charge in [-0.2, -0.15) is 0 Å². The van der Waals surface area contributed by atoms with Crippen LogP contribution in [0.5, 0.6) is 11.5 Å². The van der Waals surface area contributed by atoms with E-state index in [-0.39, 0.29) is 16.5 Å². The summed E-state index contributed by atoms with van der Waals surface area (Å²) in [5.41, 5.74) is 1.79. The van der Waals surface area contributed by atoms with Crippen molar-refractivity contribution >= 4 is 34.8 Å². The van der Waals surface area contributed by atoms with Gasteiger partial charge in [-0.25, -0.2) is 4.39 Å². The van der Waals surface area contributed by atoms with Gasteiger partial charge in [-0.1, -0.05) is 40.9 Å². The molecule has 146 valence electrons. The molecule has 3 rings (SSSR count). The Morgan fingerprint density at radius 3 is 2.39 bits per heavy atom. The number of H-pyrrole nitrogens is 1. The topological polar surface area (TPSA) is 51.3 Å². The van der Waals surface area contributed by atoms with E-state index in [9.17, 15) is 9.18 Å². The van der Waals surface area contributed by atoms with E-state index in [1.165, 1.54) is 32.5 Å². The SMILES string of the molecule is COc1cc(OC)c(Cl)c(-c2c[nH]c(=O)c(Cl)c2Cc2ccc(F)cc2Cl)c1. The average molecular weight is 443 g/mol. The van der Waals surface area contributed by atoms with Crippen LogP contribution < -0.4 is 15.0 Å². The van der Waals surface area contributed by atoms with Crippen LogP contribution in [0.15, 0.2) is 41.3 Å². The van der Waals surface area contributed by atoms with Crippen molar-refractivity contribution in [3.8, 4) is 22.6 Å². The molecule has 0 fully saturated rings. The monoisotopic (exact) mass is 441 g/mol. The number of hydrogen-bond acceptors (Lipinski definition) is 3. The van der Waals surface area contributed by atoms with E-state index in [2.05, 4.69) is 4.98 Å². The zero-order chi connectivity index (χ0) is 20.4. The van der Waals surface area contributed by atoms with Gasteiger partial charge in [0.2, 0.25) is 0 Å². The minimum absolute atomic E-state index is 0.00394. The van der Waals surface area contributed by atoms with Crippen molar-refractivity contribution in [2.24, 2.45) is 0 Å². The highest BCUT2D eigenvalue weighted by Gasteiger charge is 2.19. The molecule has 0 bridgehead atoms. The highest BCUT2D eigenvalue weighted by Crippen LogP contribution is 2.41. The molecule has 0 amide bonds. The van der Waals surface area contributed by atoms with Crippen LogP contribution in [0.4, 0.5) is 4.39 Å². The van der Waals surface area contributed by atoms with Crippen molar-refractivity contribution < 1.29 is 13.9 Å². The first kappa shape index (κ1) is 20.5. The zero-order valence-corrected chi connectivity index (χ0v) is 17.2. The number of pyridine rings is 1. The Bertz CT molecular complexity index is 1100. The Morgan fingerprint density at radius 1 is 1.00 bits per heavy atom. The van der Waals surface area contributed by atoms with Crippen LogP contribution in [0.2, 0.25) is 15.1 Å². The van der Waals surface area contributed by atoms with Gasteiger partial charge in [-0.05, 0) is 29.3 Å². The van der Waals surface area contributed by atoms with Crippen molar-refractivity contribution in [1.29, 1.82) is 0 Å². The average Bonchev–Trinajstić information content (AvgIpc) is 2.68. The van der Waals surface area contributed by atoms with E-state index in [1.807, 2.05) is 0 Å². The maximum Gasteiger partial charge on any atom is 0.267 e. The third kappa shape index (κ3) is 3.97. The van der Waals surface area contributed by atoms with E-state index in [4.69, 9.17) is 44.3 Å². The Labute approximate surface area is 175 Å². The molecule has 0 unspecified atom stereocenters. The molecule has 0 radical (unpaired) electrons. The van der Waals surface area contributed by atoms with Gasteiger partial charge in [-0.3, -0.25) is 4.79 Å². The summed E-state index contributed by atoms with van der Waals surface area (Å²) in [5, 5.41) is 0.560. The van der Waals surface area contributed by atoms with Crippen molar-refractivity contribution in [2.75, 3.05) is 14.2 Å². The predicted octanol–water partition coefficient (Wildman–Crippen LogP) is 5.75. The normalized spacial score (nSPS) is 10.8. The summed E-state index contributed by atoms with van der Waals surface area (Å²) >= 11 is 19.0. The smallest absolute Gasteiger partial charge is 0.267 e. The number of aromatic amines is 1. The number of nitrogens with one attached hydrogen (secondary N) is 1. The van der Waals surface area contributed by atoms with Crippen molar-refractivity contribution in [3.05, 3.63) is 78.9 Å². The fourth-order valence-electron chi connectivity index (χ4n) is 2.85. The standard InChI is InChI=1S/C20H15Cl3FNO3/c1-27-12-7-14(18(22)17(8-12)28-2)15-9-25-20(26)19(23)13(15)5-10-3-4-11(24)6-16(10)21/h3-4,6-9H,5H2,1-2H3,(H,25,26). The van der Waals surface area contributed by atoms with Gasteiger partial charge in [0, 0.05) is 34.8 Å². The molecule has 0 saturated carbocycles. The molecule has 0 spiro atoms. The summed E-state index contributed by atoms with van der Waals surface area (Å²) < 4.78 is 24.0. The maximum absolute atomic E-state index is 13.4.